The Labute approximate surface area is 126 Å². The summed E-state index contributed by atoms with van der Waals surface area (Å²) >= 11 is 0. The van der Waals surface area contributed by atoms with Crippen LogP contribution in [0.15, 0.2) is 42.7 Å². The fourth-order valence-corrected chi connectivity index (χ4v) is 2.45. The molecule has 2 aromatic rings. The van der Waals surface area contributed by atoms with Crippen molar-refractivity contribution in [2.24, 2.45) is 0 Å². The Balaban J connectivity index is 1.67. The van der Waals surface area contributed by atoms with Crippen molar-refractivity contribution in [2.45, 2.75) is 12.5 Å². The third-order valence-corrected chi connectivity index (χ3v) is 3.53. The number of likely N-dealkylation sites (tertiary alicyclic amines) is 1. The van der Waals surface area contributed by atoms with E-state index in [1.165, 1.54) is 4.90 Å². The quantitative estimate of drug-likeness (QED) is 0.875. The minimum Gasteiger partial charge on any atom is -0.487 e. The van der Waals surface area contributed by atoms with Crippen LogP contribution in [0.2, 0.25) is 0 Å². The van der Waals surface area contributed by atoms with Crippen LogP contribution in [0, 0.1) is 11.6 Å². The molecule has 1 amide bonds. The smallest absolute Gasteiger partial charge is 0.257 e. The van der Waals surface area contributed by atoms with Crippen molar-refractivity contribution in [2.75, 3.05) is 13.1 Å². The summed E-state index contributed by atoms with van der Waals surface area (Å²) in [5.74, 6) is -1.25. The van der Waals surface area contributed by atoms with Gasteiger partial charge in [-0.2, -0.15) is 0 Å². The SMILES string of the molecule is O=C(c1cc(F)ccc1F)N1CCC(Oc2cccnc2)C1. The highest BCUT2D eigenvalue weighted by Gasteiger charge is 2.29. The molecule has 114 valence electrons. The average Bonchev–Trinajstić information content (AvgIpc) is 2.98. The third kappa shape index (κ3) is 3.05. The zero-order valence-corrected chi connectivity index (χ0v) is 11.7. The molecule has 1 aliphatic rings. The number of aromatic nitrogens is 1. The summed E-state index contributed by atoms with van der Waals surface area (Å²) in [7, 11) is 0. The second-order valence-electron chi connectivity index (χ2n) is 5.09. The Morgan fingerprint density at radius 2 is 2.18 bits per heavy atom. The van der Waals surface area contributed by atoms with E-state index in [9.17, 15) is 13.6 Å². The number of rotatable bonds is 3. The van der Waals surface area contributed by atoms with Gasteiger partial charge < -0.3 is 9.64 Å². The molecule has 1 saturated heterocycles. The van der Waals surface area contributed by atoms with Crippen molar-refractivity contribution in [3.05, 3.63) is 59.9 Å². The minimum absolute atomic E-state index is 0.176. The monoisotopic (exact) mass is 304 g/mol. The molecule has 1 aromatic heterocycles. The third-order valence-electron chi connectivity index (χ3n) is 3.53. The highest BCUT2D eigenvalue weighted by molar-refractivity contribution is 5.94. The first kappa shape index (κ1) is 14.4. The van der Waals surface area contributed by atoms with E-state index in [0.717, 1.165) is 18.2 Å². The first-order chi connectivity index (χ1) is 10.6. The molecule has 0 saturated carbocycles. The Hall–Kier alpha value is -2.50. The molecule has 1 aromatic carbocycles. The number of benzene rings is 1. The Morgan fingerprint density at radius 3 is 2.95 bits per heavy atom. The predicted octanol–water partition coefficient (Wildman–Crippen LogP) is 2.65. The normalized spacial score (nSPS) is 17.5. The molecule has 6 heteroatoms. The van der Waals surface area contributed by atoms with E-state index in [1.54, 1.807) is 24.5 Å². The number of hydrogen-bond donors (Lipinski definition) is 0. The fraction of sp³-hybridized carbons (Fsp3) is 0.250. The first-order valence-electron chi connectivity index (χ1n) is 6.94. The number of carbonyl (C=O) groups excluding carboxylic acids is 1. The van der Waals surface area contributed by atoms with Crippen LogP contribution in [0.25, 0.3) is 0 Å². The van der Waals surface area contributed by atoms with Gasteiger partial charge in [-0.15, -0.1) is 0 Å². The number of ether oxygens (including phenoxy) is 1. The molecule has 22 heavy (non-hydrogen) atoms. The summed E-state index contributed by atoms with van der Waals surface area (Å²) in [6.07, 6.45) is 3.70. The zero-order valence-electron chi connectivity index (χ0n) is 11.7. The summed E-state index contributed by atoms with van der Waals surface area (Å²) in [6, 6.07) is 6.42. The molecule has 1 fully saturated rings. The van der Waals surface area contributed by atoms with Gasteiger partial charge in [-0.3, -0.25) is 9.78 Å². The molecule has 0 radical (unpaired) electrons. The van der Waals surface area contributed by atoms with Gasteiger partial charge in [0, 0.05) is 19.2 Å². The van der Waals surface area contributed by atoms with Crippen molar-refractivity contribution in [3.8, 4) is 5.75 Å². The maximum absolute atomic E-state index is 13.7. The molecule has 3 rings (SSSR count). The Kier molecular flexibility index (Phi) is 4.00. The van der Waals surface area contributed by atoms with Gasteiger partial charge in [0.1, 0.15) is 23.5 Å². The molecular formula is C16H14F2N2O2. The summed E-state index contributed by atoms with van der Waals surface area (Å²) in [5, 5.41) is 0. The molecule has 0 spiro atoms. The average molecular weight is 304 g/mol. The van der Waals surface area contributed by atoms with Gasteiger partial charge in [0.05, 0.1) is 18.3 Å². The number of carbonyl (C=O) groups is 1. The van der Waals surface area contributed by atoms with Crippen LogP contribution in [0.5, 0.6) is 5.75 Å². The van der Waals surface area contributed by atoms with E-state index in [1.807, 2.05) is 0 Å². The predicted molar refractivity (Wildman–Crippen MR) is 75.5 cm³/mol. The van der Waals surface area contributed by atoms with E-state index in [0.29, 0.717) is 25.3 Å². The molecule has 1 unspecified atom stereocenters. The van der Waals surface area contributed by atoms with Crippen LogP contribution < -0.4 is 4.74 Å². The standard InChI is InChI=1S/C16H14F2N2O2/c17-11-3-4-15(18)14(8-11)16(21)20-7-5-13(10-20)22-12-2-1-6-19-9-12/h1-4,6,8-9,13H,5,7,10H2. The van der Waals surface area contributed by atoms with Gasteiger partial charge in [0.15, 0.2) is 0 Å². The van der Waals surface area contributed by atoms with Crippen LogP contribution in [-0.4, -0.2) is 35.0 Å². The molecule has 1 atom stereocenters. The summed E-state index contributed by atoms with van der Waals surface area (Å²) in [5.41, 5.74) is -0.248. The molecular weight excluding hydrogens is 290 g/mol. The van der Waals surface area contributed by atoms with Gasteiger partial charge in [-0.1, -0.05) is 0 Å². The van der Waals surface area contributed by atoms with E-state index in [4.69, 9.17) is 4.74 Å². The summed E-state index contributed by atoms with van der Waals surface area (Å²) in [4.78, 5) is 17.7. The number of halogens is 2. The van der Waals surface area contributed by atoms with Crippen molar-refractivity contribution in [3.63, 3.8) is 0 Å². The number of amides is 1. The lowest BCUT2D eigenvalue weighted by Gasteiger charge is -2.17. The summed E-state index contributed by atoms with van der Waals surface area (Å²) < 4.78 is 32.6. The fourth-order valence-electron chi connectivity index (χ4n) is 2.45. The van der Waals surface area contributed by atoms with Crippen molar-refractivity contribution >= 4 is 5.91 Å². The first-order valence-corrected chi connectivity index (χ1v) is 6.94. The molecule has 2 heterocycles. The Bertz CT molecular complexity index is 679. The molecule has 4 nitrogen and oxygen atoms in total. The number of pyridine rings is 1. The van der Waals surface area contributed by atoms with Gasteiger partial charge in [0.2, 0.25) is 0 Å². The molecule has 1 aliphatic heterocycles. The Morgan fingerprint density at radius 1 is 1.32 bits per heavy atom. The van der Waals surface area contributed by atoms with Crippen LogP contribution >= 0.6 is 0 Å². The van der Waals surface area contributed by atoms with Crippen molar-refractivity contribution < 1.29 is 18.3 Å². The van der Waals surface area contributed by atoms with Crippen molar-refractivity contribution in [1.82, 2.24) is 9.88 Å². The molecule has 0 N–H and O–H groups in total. The highest BCUT2D eigenvalue weighted by Crippen LogP contribution is 2.20. The molecule has 0 aliphatic carbocycles. The van der Waals surface area contributed by atoms with Crippen LogP contribution in [-0.2, 0) is 0 Å². The van der Waals surface area contributed by atoms with Gasteiger partial charge >= 0.3 is 0 Å². The molecule has 0 bridgehead atoms. The maximum atomic E-state index is 13.7. The summed E-state index contributed by atoms with van der Waals surface area (Å²) in [6.45, 7) is 0.781. The number of hydrogen-bond acceptors (Lipinski definition) is 3. The van der Waals surface area contributed by atoms with Crippen LogP contribution in [0.3, 0.4) is 0 Å². The second-order valence-corrected chi connectivity index (χ2v) is 5.09. The van der Waals surface area contributed by atoms with E-state index >= 15 is 0 Å². The lowest BCUT2D eigenvalue weighted by Crippen LogP contribution is -2.31. The minimum atomic E-state index is -0.719. The second kappa shape index (κ2) is 6.09. The topological polar surface area (TPSA) is 42.4 Å². The largest absolute Gasteiger partial charge is 0.487 e. The van der Waals surface area contributed by atoms with E-state index < -0.39 is 17.5 Å². The lowest BCUT2D eigenvalue weighted by atomic mass is 10.2. The lowest BCUT2D eigenvalue weighted by molar-refractivity contribution is 0.0767. The number of nitrogens with zero attached hydrogens (tertiary/aromatic N) is 2. The van der Waals surface area contributed by atoms with E-state index in [-0.39, 0.29) is 11.7 Å². The highest BCUT2D eigenvalue weighted by atomic mass is 19.1. The zero-order chi connectivity index (χ0) is 15.5. The van der Waals surface area contributed by atoms with Gasteiger partial charge in [0.25, 0.3) is 5.91 Å². The van der Waals surface area contributed by atoms with Gasteiger partial charge in [-0.25, -0.2) is 8.78 Å². The maximum Gasteiger partial charge on any atom is 0.257 e. The van der Waals surface area contributed by atoms with E-state index in [2.05, 4.69) is 4.98 Å². The van der Waals surface area contributed by atoms with Crippen LogP contribution in [0.4, 0.5) is 8.78 Å². The van der Waals surface area contributed by atoms with Crippen LogP contribution in [0.1, 0.15) is 16.8 Å². The van der Waals surface area contributed by atoms with Crippen molar-refractivity contribution in [1.29, 1.82) is 0 Å². The van der Waals surface area contributed by atoms with Gasteiger partial charge in [-0.05, 0) is 30.3 Å².